The van der Waals surface area contributed by atoms with Crippen LogP contribution in [0.5, 0.6) is 17.4 Å². The van der Waals surface area contributed by atoms with Crippen LogP contribution in [0.25, 0.3) is 12.2 Å². The number of fused-ring (bicyclic) bond motifs is 2. The molecule has 0 aliphatic carbocycles. The Morgan fingerprint density at radius 2 is 2.07 bits per heavy atom. The summed E-state index contributed by atoms with van der Waals surface area (Å²) in [6.07, 6.45) is 5.02. The van der Waals surface area contributed by atoms with Gasteiger partial charge in [-0.15, -0.1) is 11.3 Å². The minimum atomic E-state index is -0.386. The van der Waals surface area contributed by atoms with Gasteiger partial charge in [-0.3, -0.25) is 9.36 Å². The molecule has 2 aliphatic heterocycles. The summed E-state index contributed by atoms with van der Waals surface area (Å²) in [4.78, 5) is 26.3. The van der Waals surface area contributed by atoms with Gasteiger partial charge in [0.15, 0.2) is 16.3 Å². The fraction of sp³-hybridized carbons (Fsp3) is 0.158. The number of ether oxygens (including phenoxy) is 2. The number of rotatable bonds is 2. The van der Waals surface area contributed by atoms with Crippen molar-refractivity contribution in [2.45, 2.75) is 0 Å². The van der Waals surface area contributed by atoms with Crippen LogP contribution in [0, 0.1) is 0 Å². The van der Waals surface area contributed by atoms with Gasteiger partial charge in [-0.25, -0.2) is 9.98 Å². The molecule has 0 spiro atoms. The Morgan fingerprint density at radius 1 is 1.28 bits per heavy atom. The van der Waals surface area contributed by atoms with Crippen LogP contribution in [0.1, 0.15) is 4.88 Å². The highest BCUT2D eigenvalue weighted by Crippen LogP contribution is 2.27. The highest BCUT2D eigenvalue weighted by Gasteiger charge is 2.18. The lowest BCUT2D eigenvalue weighted by Crippen LogP contribution is -2.32. The van der Waals surface area contributed by atoms with Gasteiger partial charge in [-0.2, -0.15) is 4.99 Å². The highest BCUT2D eigenvalue weighted by molar-refractivity contribution is 7.13. The molecule has 2 aromatic heterocycles. The van der Waals surface area contributed by atoms with Crippen LogP contribution in [0.15, 0.2) is 39.3 Å². The van der Waals surface area contributed by atoms with Gasteiger partial charge in [-0.1, -0.05) is 11.3 Å². The average Bonchev–Trinajstić information content (AvgIpc) is 3.32. The minimum Gasteiger partial charge on any atom is -0.493 e. The van der Waals surface area contributed by atoms with Gasteiger partial charge in [0.05, 0.1) is 10.2 Å². The van der Waals surface area contributed by atoms with Gasteiger partial charge in [0.25, 0.3) is 5.91 Å². The van der Waals surface area contributed by atoms with Gasteiger partial charge in [0.2, 0.25) is 11.0 Å². The molecule has 1 amide bonds. The number of aromatic hydroxyl groups is 1. The number of thiazole rings is 2. The third-order valence-corrected chi connectivity index (χ3v) is 6.13. The number of amides is 1. The number of hydrogen-bond acceptors (Lipinski definition) is 8. The monoisotopic (exact) mass is 426 g/mol. The van der Waals surface area contributed by atoms with Crippen molar-refractivity contribution in [3.63, 3.8) is 0 Å². The van der Waals surface area contributed by atoms with Crippen molar-refractivity contribution in [1.82, 2.24) is 9.55 Å². The number of hydrogen-bond donors (Lipinski definition) is 1. The second-order valence-electron chi connectivity index (χ2n) is 6.27. The normalized spacial score (nSPS) is 17.1. The molecule has 0 atom stereocenters. The summed E-state index contributed by atoms with van der Waals surface area (Å²) < 4.78 is 12.7. The van der Waals surface area contributed by atoms with E-state index in [0.717, 1.165) is 5.22 Å². The topological polar surface area (TPSA) is 98.3 Å². The van der Waals surface area contributed by atoms with E-state index in [-0.39, 0.29) is 11.8 Å². The summed E-state index contributed by atoms with van der Waals surface area (Å²) >= 11 is 2.66. The molecule has 5 rings (SSSR count). The van der Waals surface area contributed by atoms with Crippen molar-refractivity contribution < 1.29 is 19.4 Å². The maximum absolute atomic E-state index is 12.5. The van der Waals surface area contributed by atoms with Crippen LogP contribution in [0.3, 0.4) is 0 Å². The predicted molar refractivity (Wildman–Crippen MR) is 108 cm³/mol. The molecule has 10 heteroatoms. The largest absolute Gasteiger partial charge is 0.493 e. The van der Waals surface area contributed by atoms with E-state index < -0.39 is 0 Å². The zero-order chi connectivity index (χ0) is 20.0. The molecule has 8 nitrogen and oxygen atoms in total. The van der Waals surface area contributed by atoms with Gasteiger partial charge in [0.1, 0.15) is 13.2 Å². The Bertz CT molecular complexity index is 1350. The quantitative estimate of drug-likeness (QED) is 0.623. The standard InChI is InChI=1S/C19H14N4O4S2/c1-23-17(25)15(29-19(23)22-18-20-2-5-28-18)8-11-6-10-7-13-14(27-4-3-26-13)9-12(10)21-16(11)24/h2,5-9,25H,3-4H2,1H3/b11-8+,22-19+. The van der Waals surface area contributed by atoms with Crippen LogP contribution in [-0.4, -0.2) is 33.8 Å². The molecular formula is C19H14N4O4S2. The maximum atomic E-state index is 12.5. The fourth-order valence-corrected chi connectivity index (χ4v) is 4.50. The SMILES string of the molecule is Cn1c(O)c(/C=C2\C=c3cc4c(cc3=NC2=O)OCCO4)s/c1=N/c1nccs1. The van der Waals surface area contributed by atoms with Gasteiger partial charge in [0, 0.05) is 35.5 Å². The Balaban J connectivity index is 1.60. The molecule has 0 saturated heterocycles. The van der Waals surface area contributed by atoms with Crippen LogP contribution in [-0.2, 0) is 11.8 Å². The van der Waals surface area contributed by atoms with Crippen molar-refractivity contribution in [2.75, 3.05) is 13.2 Å². The average molecular weight is 426 g/mol. The molecule has 0 fully saturated rings. The lowest BCUT2D eigenvalue weighted by molar-refractivity contribution is -0.114. The van der Waals surface area contributed by atoms with E-state index in [1.54, 1.807) is 36.0 Å². The Labute approximate surface area is 172 Å². The molecule has 0 radical (unpaired) electrons. The molecule has 146 valence electrons. The summed E-state index contributed by atoms with van der Waals surface area (Å²) in [6.45, 7) is 0.952. The van der Waals surface area contributed by atoms with Gasteiger partial charge < -0.3 is 14.6 Å². The lowest BCUT2D eigenvalue weighted by Gasteiger charge is -2.18. The van der Waals surface area contributed by atoms with E-state index in [0.29, 0.717) is 50.5 Å². The number of aromatic nitrogens is 2. The van der Waals surface area contributed by atoms with E-state index in [1.165, 1.54) is 22.7 Å². The van der Waals surface area contributed by atoms with E-state index >= 15 is 0 Å². The van der Waals surface area contributed by atoms with Crippen molar-refractivity contribution in [2.24, 2.45) is 17.0 Å². The molecule has 3 aromatic rings. The first-order valence-electron chi connectivity index (χ1n) is 8.67. The molecular weight excluding hydrogens is 412 g/mol. The van der Waals surface area contributed by atoms with Crippen LogP contribution >= 0.6 is 22.7 Å². The first-order valence-corrected chi connectivity index (χ1v) is 10.4. The maximum Gasteiger partial charge on any atom is 0.277 e. The number of carbonyl (C=O) groups is 1. The number of carbonyl (C=O) groups excluding carboxylic acids is 1. The van der Waals surface area contributed by atoms with Crippen LogP contribution in [0.2, 0.25) is 0 Å². The summed E-state index contributed by atoms with van der Waals surface area (Å²) in [5, 5.41) is 14.2. The van der Waals surface area contributed by atoms with E-state index in [4.69, 9.17) is 9.47 Å². The molecule has 0 saturated carbocycles. The first-order chi connectivity index (χ1) is 14.1. The lowest BCUT2D eigenvalue weighted by atomic mass is 10.1. The Hall–Kier alpha value is -3.24. The van der Waals surface area contributed by atoms with E-state index in [1.807, 2.05) is 11.4 Å². The van der Waals surface area contributed by atoms with Crippen molar-refractivity contribution in [3.05, 3.63) is 49.5 Å². The summed E-state index contributed by atoms with van der Waals surface area (Å²) in [5.41, 5.74) is 0.368. The van der Waals surface area contributed by atoms with E-state index in [9.17, 15) is 9.90 Å². The highest BCUT2D eigenvalue weighted by atomic mass is 32.1. The van der Waals surface area contributed by atoms with Gasteiger partial charge in [-0.05, 0) is 18.2 Å². The Morgan fingerprint density at radius 3 is 2.83 bits per heavy atom. The number of benzene rings is 1. The zero-order valence-electron chi connectivity index (χ0n) is 15.2. The third-order valence-electron chi connectivity index (χ3n) is 4.39. The Kier molecular flexibility index (Phi) is 4.29. The minimum absolute atomic E-state index is 0.0203. The van der Waals surface area contributed by atoms with Crippen molar-refractivity contribution in [1.29, 1.82) is 0 Å². The van der Waals surface area contributed by atoms with Crippen molar-refractivity contribution >= 4 is 45.9 Å². The predicted octanol–water partition coefficient (Wildman–Crippen LogP) is 1.28. The van der Waals surface area contributed by atoms with Crippen molar-refractivity contribution in [3.8, 4) is 17.4 Å². The molecule has 1 N–H and O–H groups in total. The van der Waals surface area contributed by atoms with Crippen LogP contribution < -0.4 is 24.9 Å². The first kappa shape index (κ1) is 17.8. The summed E-state index contributed by atoms with van der Waals surface area (Å²) in [5.74, 6) is 0.851. The second kappa shape index (κ2) is 6.98. The second-order valence-corrected chi connectivity index (χ2v) is 8.16. The van der Waals surface area contributed by atoms with Gasteiger partial charge >= 0.3 is 0 Å². The fourth-order valence-electron chi connectivity index (χ4n) is 2.97. The molecule has 4 heterocycles. The van der Waals surface area contributed by atoms with Crippen LogP contribution in [0.4, 0.5) is 5.13 Å². The molecule has 0 bridgehead atoms. The molecule has 29 heavy (non-hydrogen) atoms. The summed E-state index contributed by atoms with van der Waals surface area (Å²) in [6, 6.07) is 3.52. The number of nitrogens with zero attached hydrogens (tertiary/aromatic N) is 4. The molecule has 0 unspecified atom stereocenters. The zero-order valence-corrected chi connectivity index (χ0v) is 16.8. The third kappa shape index (κ3) is 3.26. The summed E-state index contributed by atoms with van der Waals surface area (Å²) in [7, 11) is 1.70. The molecule has 1 aromatic carbocycles. The smallest absolute Gasteiger partial charge is 0.277 e. The van der Waals surface area contributed by atoms with E-state index in [2.05, 4.69) is 15.0 Å². The molecule has 2 aliphatic rings.